The molecule has 0 unspecified atom stereocenters. The molecule has 0 bridgehead atoms. The van der Waals surface area contributed by atoms with Gasteiger partial charge in [-0.3, -0.25) is 14.9 Å². The molecule has 2 heterocycles. The van der Waals surface area contributed by atoms with Crippen LogP contribution in [-0.4, -0.2) is 52.1 Å². The quantitative estimate of drug-likeness (QED) is 0.626. The van der Waals surface area contributed by atoms with Crippen molar-refractivity contribution in [3.8, 4) is 0 Å². The number of benzene rings is 1. The van der Waals surface area contributed by atoms with E-state index in [2.05, 4.69) is 15.1 Å². The molecule has 1 aliphatic rings. The van der Waals surface area contributed by atoms with Crippen LogP contribution in [0.1, 0.15) is 22.5 Å². The number of nitro benzene ring substituents is 1. The number of nitrogens with zero attached hydrogens (tertiary/aromatic N) is 5. The Balaban J connectivity index is 1.74. The zero-order valence-corrected chi connectivity index (χ0v) is 14.0. The summed E-state index contributed by atoms with van der Waals surface area (Å²) in [6.07, 6.45) is 0.766. The number of hydrogen-bond acceptors (Lipinski definition) is 6. The molecule has 1 aromatic heterocycles. The second-order valence-electron chi connectivity index (χ2n) is 5.94. The predicted molar refractivity (Wildman–Crippen MR) is 92.6 cm³/mol. The minimum atomic E-state index is -0.515. The number of aryl methyl sites for hydroxylation is 1. The lowest BCUT2D eigenvalue weighted by molar-refractivity contribution is -0.385. The molecule has 1 fully saturated rings. The molecule has 8 nitrogen and oxygen atoms in total. The Kier molecular flexibility index (Phi) is 4.87. The third kappa shape index (κ3) is 3.73. The molecule has 2 aromatic rings. The van der Waals surface area contributed by atoms with Gasteiger partial charge in [-0.15, -0.1) is 5.10 Å². The lowest BCUT2D eigenvalue weighted by atomic mass is 10.1. The second-order valence-corrected chi connectivity index (χ2v) is 5.94. The van der Waals surface area contributed by atoms with E-state index in [0.717, 1.165) is 24.5 Å². The number of carbonyl (C=O) groups is 1. The number of aromatic nitrogens is 2. The van der Waals surface area contributed by atoms with Crippen molar-refractivity contribution in [3.05, 3.63) is 57.8 Å². The molecular formula is C17H19N5O3. The number of rotatable bonds is 3. The summed E-state index contributed by atoms with van der Waals surface area (Å²) in [6, 6.07) is 9.90. The third-order valence-corrected chi connectivity index (χ3v) is 4.22. The van der Waals surface area contributed by atoms with Gasteiger partial charge in [0.15, 0.2) is 5.82 Å². The first kappa shape index (κ1) is 16.8. The van der Waals surface area contributed by atoms with Gasteiger partial charge in [-0.1, -0.05) is 12.1 Å². The molecule has 8 heteroatoms. The molecule has 1 aliphatic heterocycles. The van der Waals surface area contributed by atoms with Crippen LogP contribution in [0, 0.1) is 17.0 Å². The fourth-order valence-electron chi connectivity index (χ4n) is 2.89. The van der Waals surface area contributed by atoms with Gasteiger partial charge >= 0.3 is 0 Å². The molecule has 0 N–H and O–H groups in total. The molecule has 1 saturated heterocycles. The van der Waals surface area contributed by atoms with Gasteiger partial charge in [0, 0.05) is 32.2 Å². The van der Waals surface area contributed by atoms with Gasteiger partial charge in [-0.2, -0.15) is 5.10 Å². The standard InChI is InChI=1S/C17H19N5O3/c1-13-7-8-16(19-18-13)20-9-4-10-21(12-11-20)17(23)14-5-2-3-6-15(14)22(24)25/h2-3,5-8H,4,9-12H2,1H3. The zero-order valence-electron chi connectivity index (χ0n) is 14.0. The summed E-state index contributed by atoms with van der Waals surface area (Å²) < 4.78 is 0. The molecule has 130 valence electrons. The maximum Gasteiger partial charge on any atom is 0.282 e. The minimum Gasteiger partial charge on any atom is -0.353 e. The molecule has 0 atom stereocenters. The average molecular weight is 341 g/mol. The molecular weight excluding hydrogens is 322 g/mol. The van der Waals surface area contributed by atoms with Crippen molar-refractivity contribution in [2.75, 3.05) is 31.1 Å². The topological polar surface area (TPSA) is 92.5 Å². The summed E-state index contributed by atoms with van der Waals surface area (Å²) in [5, 5.41) is 19.4. The highest BCUT2D eigenvalue weighted by Gasteiger charge is 2.26. The number of nitro groups is 1. The van der Waals surface area contributed by atoms with Crippen LogP contribution in [0.25, 0.3) is 0 Å². The highest BCUT2D eigenvalue weighted by molar-refractivity contribution is 5.98. The number of carbonyl (C=O) groups excluding carboxylic acids is 1. The fourth-order valence-corrected chi connectivity index (χ4v) is 2.89. The smallest absolute Gasteiger partial charge is 0.282 e. The molecule has 0 radical (unpaired) electrons. The first-order valence-electron chi connectivity index (χ1n) is 8.14. The summed E-state index contributed by atoms with van der Waals surface area (Å²) >= 11 is 0. The van der Waals surface area contributed by atoms with E-state index in [1.54, 1.807) is 17.0 Å². The highest BCUT2D eigenvalue weighted by Crippen LogP contribution is 2.21. The van der Waals surface area contributed by atoms with Crippen molar-refractivity contribution < 1.29 is 9.72 Å². The molecule has 3 rings (SSSR count). The SMILES string of the molecule is Cc1ccc(N2CCCN(C(=O)c3ccccc3[N+](=O)[O-])CC2)nn1. The van der Waals surface area contributed by atoms with E-state index in [-0.39, 0.29) is 17.2 Å². The van der Waals surface area contributed by atoms with Crippen LogP contribution in [-0.2, 0) is 0 Å². The molecule has 0 saturated carbocycles. The van der Waals surface area contributed by atoms with Crippen molar-refractivity contribution in [2.45, 2.75) is 13.3 Å². The van der Waals surface area contributed by atoms with E-state index in [0.29, 0.717) is 19.6 Å². The van der Waals surface area contributed by atoms with E-state index in [4.69, 9.17) is 0 Å². The Morgan fingerprint density at radius 3 is 2.60 bits per heavy atom. The van der Waals surface area contributed by atoms with Crippen LogP contribution in [0.4, 0.5) is 11.5 Å². The summed E-state index contributed by atoms with van der Waals surface area (Å²) in [6.45, 7) is 4.30. The van der Waals surface area contributed by atoms with E-state index in [1.165, 1.54) is 12.1 Å². The number of amides is 1. The average Bonchev–Trinajstić information content (AvgIpc) is 2.88. The maximum atomic E-state index is 12.7. The first-order chi connectivity index (χ1) is 12.1. The van der Waals surface area contributed by atoms with Crippen molar-refractivity contribution in [1.29, 1.82) is 0 Å². The van der Waals surface area contributed by atoms with E-state index < -0.39 is 4.92 Å². The molecule has 25 heavy (non-hydrogen) atoms. The first-order valence-corrected chi connectivity index (χ1v) is 8.14. The van der Waals surface area contributed by atoms with Gasteiger partial charge in [-0.25, -0.2) is 0 Å². The Morgan fingerprint density at radius 1 is 1.08 bits per heavy atom. The van der Waals surface area contributed by atoms with Gasteiger partial charge in [-0.05, 0) is 31.5 Å². The van der Waals surface area contributed by atoms with Gasteiger partial charge in [0.05, 0.1) is 10.6 Å². The zero-order chi connectivity index (χ0) is 17.8. The van der Waals surface area contributed by atoms with E-state index in [1.807, 2.05) is 19.1 Å². The van der Waals surface area contributed by atoms with Crippen LogP contribution < -0.4 is 4.90 Å². The lowest BCUT2D eigenvalue weighted by Crippen LogP contribution is -2.35. The number of anilines is 1. The van der Waals surface area contributed by atoms with Crippen molar-refractivity contribution >= 4 is 17.4 Å². The monoisotopic (exact) mass is 341 g/mol. The highest BCUT2D eigenvalue weighted by atomic mass is 16.6. The largest absolute Gasteiger partial charge is 0.353 e. The maximum absolute atomic E-state index is 12.7. The number of hydrogen-bond donors (Lipinski definition) is 0. The Labute approximate surface area is 145 Å². The predicted octanol–water partition coefficient (Wildman–Crippen LogP) is 2.05. The fraction of sp³-hybridized carbons (Fsp3) is 0.353. The third-order valence-electron chi connectivity index (χ3n) is 4.22. The normalized spacial score (nSPS) is 14.9. The van der Waals surface area contributed by atoms with Gasteiger partial charge in [0.1, 0.15) is 5.56 Å². The van der Waals surface area contributed by atoms with Crippen LogP contribution in [0.5, 0.6) is 0 Å². The van der Waals surface area contributed by atoms with Crippen LogP contribution in [0.15, 0.2) is 36.4 Å². The molecule has 1 aromatic carbocycles. The van der Waals surface area contributed by atoms with E-state index >= 15 is 0 Å². The van der Waals surface area contributed by atoms with Crippen molar-refractivity contribution in [2.24, 2.45) is 0 Å². The summed E-state index contributed by atoms with van der Waals surface area (Å²) in [5.41, 5.74) is 0.834. The molecule has 0 aliphatic carbocycles. The van der Waals surface area contributed by atoms with Crippen molar-refractivity contribution in [3.63, 3.8) is 0 Å². The Hall–Kier alpha value is -3.03. The van der Waals surface area contributed by atoms with Gasteiger partial charge in [0.2, 0.25) is 0 Å². The molecule has 1 amide bonds. The van der Waals surface area contributed by atoms with Crippen LogP contribution >= 0.6 is 0 Å². The van der Waals surface area contributed by atoms with Crippen LogP contribution in [0.3, 0.4) is 0 Å². The number of para-hydroxylation sites is 1. The van der Waals surface area contributed by atoms with Crippen LogP contribution in [0.2, 0.25) is 0 Å². The van der Waals surface area contributed by atoms with Gasteiger partial charge < -0.3 is 9.80 Å². The Morgan fingerprint density at radius 2 is 1.88 bits per heavy atom. The second kappa shape index (κ2) is 7.25. The Bertz CT molecular complexity index is 778. The van der Waals surface area contributed by atoms with Gasteiger partial charge in [0.25, 0.3) is 11.6 Å². The summed E-state index contributed by atoms with van der Waals surface area (Å²) in [5.74, 6) is 0.481. The molecule has 0 spiro atoms. The summed E-state index contributed by atoms with van der Waals surface area (Å²) in [4.78, 5) is 27.1. The lowest BCUT2D eigenvalue weighted by Gasteiger charge is -2.22. The van der Waals surface area contributed by atoms with Crippen molar-refractivity contribution in [1.82, 2.24) is 15.1 Å². The summed E-state index contributed by atoms with van der Waals surface area (Å²) in [7, 11) is 0. The van der Waals surface area contributed by atoms with E-state index in [9.17, 15) is 14.9 Å². The minimum absolute atomic E-state index is 0.135.